The summed E-state index contributed by atoms with van der Waals surface area (Å²) in [6.07, 6.45) is 5.93. The number of carbonyl (C=O) groups excluding carboxylic acids is 2. The molecular formula is C36H39N5O5. The molecular weight excluding hydrogens is 582 g/mol. The molecule has 1 aromatic heterocycles. The van der Waals surface area contributed by atoms with E-state index in [1.165, 1.54) is 11.1 Å². The van der Waals surface area contributed by atoms with Gasteiger partial charge in [-0.05, 0) is 90.6 Å². The van der Waals surface area contributed by atoms with Crippen LogP contribution in [-0.2, 0) is 16.1 Å². The van der Waals surface area contributed by atoms with Gasteiger partial charge >= 0.3 is 12.0 Å². The van der Waals surface area contributed by atoms with Gasteiger partial charge in [0.05, 0.1) is 25.8 Å². The maximum absolute atomic E-state index is 13.5. The summed E-state index contributed by atoms with van der Waals surface area (Å²) in [5, 5.41) is 18.7. The van der Waals surface area contributed by atoms with Crippen molar-refractivity contribution < 1.29 is 24.2 Å². The largest absolute Gasteiger partial charge is 0.493 e. The van der Waals surface area contributed by atoms with Crippen LogP contribution < -0.4 is 20.3 Å². The van der Waals surface area contributed by atoms with E-state index in [2.05, 4.69) is 47.8 Å². The van der Waals surface area contributed by atoms with E-state index in [0.29, 0.717) is 43.5 Å². The van der Waals surface area contributed by atoms with E-state index >= 15 is 0 Å². The molecule has 10 nitrogen and oxygen atoms in total. The van der Waals surface area contributed by atoms with Crippen LogP contribution in [0.4, 0.5) is 16.2 Å². The minimum Gasteiger partial charge on any atom is -0.493 e. The maximum atomic E-state index is 13.5. The average Bonchev–Trinajstić information content (AvgIpc) is 3.68. The van der Waals surface area contributed by atoms with Gasteiger partial charge in [-0.1, -0.05) is 36.4 Å². The topological polar surface area (TPSA) is 126 Å². The lowest BCUT2D eigenvalue weighted by molar-refractivity contribution is -0.136. The van der Waals surface area contributed by atoms with Crippen LogP contribution in [0.3, 0.4) is 0 Å². The van der Waals surface area contributed by atoms with Gasteiger partial charge in [0.25, 0.3) is 0 Å². The van der Waals surface area contributed by atoms with Gasteiger partial charge in [0, 0.05) is 42.6 Å². The Morgan fingerprint density at radius 2 is 1.87 bits per heavy atom. The predicted molar refractivity (Wildman–Crippen MR) is 176 cm³/mol. The van der Waals surface area contributed by atoms with Gasteiger partial charge in [-0.2, -0.15) is 5.10 Å². The lowest BCUT2D eigenvalue weighted by atomic mass is 9.92. The van der Waals surface area contributed by atoms with Gasteiger partial charge < -0.3 is 25.4 Å². The number of urea groups is 1. The number of amides is 3. The number of fused-ring (bicyclic) bond motifs is 3. The molecule has 1 fully saturated rings. The minimum atomic E-state index is -0.967. The second-order valence-electron chi connectivity index (χ2n) is 12.1. The number of hydrogen-bond acceptors (Lipinski definition) is 5. The molecule has 1 saturated carbocycles. The summed E-state index contributed by atoms with van der Waals surface area (Å²) in [5.41, 5.74) is 8.24. The van der Waals surface area contributed by atoms with Crippen molar-refractivity contribution in [3.63, 3.8) is 0 Å². The monoisotopic (exact) mass is 621 g/mol. The number of carboxylic acid groups (broad SMARTS) is 1. The van der Waals surface area contributed by atoms with Gasteiger partial charge in [-0.15, -0.1) is 0 Å². The van der Waals surface area contributed by atoms with Crippen LogP contribution in [0, 0.1) is 19.8 Å². The Kier molecular flexibility index (Phi) is 9.05. The molecule has 2 heterocycles. The van der Waals surface area contributed by atoms with Gasteiger partial charge in [0.15, 0.2) is 0 Å². The molecule has 0 radical (unpaired) electrons. The van der Waals surface area contributed by atoms with Crippen molar-refractivity contribution in [1.82, 2.24) is 15.1 Å². The lowest BCUT2D eigenvalue weighted by Crippen LogP contribution is -2.36. The van der Waals surface area contributed by atoms with Crippen molar-refractivity contribution in [1.29, 1.82) is 0 Å². The third-order valence-corrected chi connectivity index (χ3v) is 8.83. The van der Waals surface area contributed by atoms with Crippen LogP contribution in [0.2, 0.25) is 0 Å². The van der Waals surface area contributed by atoms with E-state index in [4.69, 9.17) is 9.84 Å². The van der Waals surface area contributed by atoms with Crippen LogP contribution in [0.5, 0.6) is 5.75 Å². The average molecular weight is 622 g/mol. The number of benzene rings is 3. The molecule has 3 aromatic carbocycles. The number of anilines is 2. The summed E-state index contributed by atoms with van der Waals surface area (Å²) in [7, 11) is 0. The Balaban J connectivity index is 1.10. The zero-order valence-electron chi connectivity index (χ0n) is 26.2. The fourth-order valence-electron chi connectivity index (χ4n) is 6.20. The summed E-state index contributed by atoms with van der Waals surface area (Å²) in [6, 6.07) is 19.3. The Bertz CT molecular complexity index is 1770. The Labute approximate surface area is 268 Å². The van der Waals surface area contributed by atoms with Gasteiger partial charge in [0.1, 0.15) is 5.75 Å². The molecule has 2 atom stereocenters. The van der Waals surface area contributed by atoms with Crippen molar-refractivity contribution in [3.8, 4) is 16.9 Å². The zero-order chi connectivity index (χ0) is 32.2. The number of aliphatic carboxylic acids is 1. The first-order chi connectivity index (χ1) is 22.3. The standard InChI is InChI=1S/C36H39N5O5/c1-23-7-3-12-32(24(23)2)46-16-6-13-33(42)41-22-26-18-30(26)35-29(10-5-11-31(35)41)27-19-38-40(21-27)20-25-8-4-9-28(17-25)39-36(45)37-15-14-34(43)44/h3-5,7-12,17,19,21,26,30H,6,13-16,18,20,22H2,1-2H3,(H,43,44)(H2,37,39,45)/t26-,30-/m1/s1. The van der Waals surface area contributed by atoms with Gasteiger partial charge in [-0.25, -0.2) is 4.79 Å². The summed E-state index contributed by atoms with van der Waals surface area (Å²) in [4.78, 5) is 38.3. The van der Waals surface area contributed by atoms with E-state index in [1.807, 2.05) is 58.4 Å². The van der Waals surface area contributed by atoms with Crippen LogP contribution in [0.1, 0.15) is 53.9 Å². The smallest absolute Gasteiger partial charge is 0.319 e. The number of carboxylic acids is 1. The number of ether oxygens (including phenoxy) is 1. The van der Waals surface area contributed by atoms with E-state index in [0.717, 1.165) is 46.7 Å². The third-order valence-electron chi connectivity index (χ3n) is 8.83. The molecule has 6 rings (SSSR count). The molecule has 238 valence electrons. The first-order valence-electron chi connectivity index (χ1n) is 15.8. The van der Waals surface area contributed by atoms with Crippen molar-refractivity contribution in [2.75, 3.05) is 29.9 Å². The summed E-state index contributed by atoms with van der Waals surface area (Å²) >= 11 is 0. The van der Waals surface area contributed by atoms with E-state index in [1.54, 1.807) is 6.07 Å². The van der Waals surface area contributed by atoms with Crippen LogP contribution >= 0.6 is 0 Å². The molecule has 0 spiro atoms. The third kappa shape index (κ3) is 7.06. The number of nitrogens with one attached hydrogen (secondary N) is 2. The molecule has 0 bridgehead atoms. The zero-order valence-corrected chi connectivity index (χ0v) is 26.2. The molecule has 46 heavy (non-hydrogen) atoms. The van der Waals surface area contributed by atoms with E-state index in [9.17, 15) is 14.4 Å². The number of aromatic nitrogens is 2. The predicted octanol–water partition coefficient (Wildman–Crippen LogP) is 6.12. The minimum absolute atomic E-state index is 0.0524. The number of nitrogens with zero attached hydrogens (tertiary/aromatic N) is 3. The summed E-state index contributed by atoms with van der Waals surface area (Å²) < 4.78 is 7.87. The highest BCUT2D eigenvalue weighted by molar-refractivity contribution is 5.97. The first kappa shape index (κ1) is 30.9. The molecule has 0 unspecified atom stereocenters. The normalized spacial score (nSPS) is 16.3. The number of hydrogen-bond donors (Lipinski definition) is 3. The second-order valence-corrected chi connectivity index (χ2v) is 12.1. The van der Waals surface area contributed by atoms with Crippen molar-refractivity contribution in [2.45, 2.75) is 52.0 Å². The molecule has 4 aromatic rings. The Morgan fingerprint density at radius 1 is 1.04 bits per heavy atom. The molecule has 0 saturated heterocycles. The maximum Gasteiger partial charge on any atom is 0.319 e. The lowest BCUT2D eigenvalue weighted by Gasteiger charge is -2.30. The molecule has 2 aliphatic rings. The van der Waals surface area contributed by atoms with Crippen LogP contribution in [0.15, 0.2) is 73.1 Å². The van der Waals surface area contributed by atoms with E-state index < -0.39 is 12.0 Å². The second kappa shape index (κ2) is 13.5. The van der Waals surface area contributed by atoms with E-state index in [-0.39, 0.29) is 18.9 Å². The molecule has 3 N–H and O–H groups in total. The van der Waals surface area contributed by atoms with Crippen molar-refractivity contribution in [2.24, 2.45) is 5.92 Å². The highest BCUT2D eigenvalue weighted by Crippen LogP contribution is 2.57. The van der Waals surface area contributed by atoms with Crippen LogP contribution in [0.25, 0.3) is 11.1 Å². The Morgan fingerprint density at radius 3 is 2.72 bits per heavy atom. The summed E-state index contributed by atoms with van der Waals surface area (Å²) in [5.74, 6) is 0.980. The fraction of sp³-hybridized carbons (Fsp3) is 0.333. The van der Waals surface area contributed by atoms with Gasteiger partial charge in [0.2, 0.25) is 5.91 Å². The first-order valence-corrected chi connectivity index (χ1v) is 15.8. The fourth-order valence-corrected chi connectivity index (χ4v) is 6.20. The molecule has 3 amide bonds. The van der Waals surface area contributed by atoms with Crippen LogP contribution in [-0.4, -0.2) is 52.5 Å². The summed E-state index contributed by atoms with van der Waals surface area (Å²) in [6.45, 7) is 5.95. The van der Waals surface area contributed by atoms with Crippen molar-refractivity contribution >= 4 is 29.3 Å². The Hall–Kier alpha value is -5.12. The molecule has 10 heteroatoms. The number of aryl methyl sites for hydroxylation is 1. The molecule has 1 aliphatic carbocycles. The number of rotatable bonds is 12. The highest BCUT2D eigenvalue weighted by Gasteiger charge is 2.47. The van der Waals surface area contributed by atoms with Crippen molar-refractivity contribution in [3.05, 3.63) is 95.3 Å². The van der Waals surface area contributed by atoms with Gasteiger partial charge in [-0.3, -0.25) is 14.3 Å². The molecule has 1 aliphatic heterocycles. The quantitative estimate of drug-likeness (QED) is 0.164. The SMILES string of the molecule is Cc1cccc(OCCCC(=O)N2C[C@H]3C[C@H]3c3c(-c4cnn(Cc5cccc(NC(=O)NCCC(=O)O)c5)c4)cccc32)c1C. The number of carbonyl (C=O) groups is 3. The highest BCUT2D eigenvalue weighted by atomic mass is 16.5.